The number of rotatable bonds is 4. The molecule has 1 aliphatic heterocycles. The zero-order chi connectivity index (χ0) is 18.0. The van der Waals surface area contributed by atoms with Gasteiger partial charge in [0, 0.05) is 21.3 Å². The third-order valence-corrected chi connectivity index (χ3v) is 4.87. The van der Waals surface area contributed by atoms with E-state index in [1.807, 2.05) is 30.3 Å². The topological polar surface area (TPSA) is 53.5 Å². The molecule has 0 amide bonds. The second kappa shape index (κ2) is 7.50. The Hall–Kier alpha value is -1.98. The Kier molecular flexibility index (Phi) is 5.35. The number of nitrogens with one attached hydrogen (secondary N) is 2. The number of benzene rings is 2. The van der Waals surface area contributed by atoms with Crippen molar-refractivity contribution >= 4 is 21.6 Å². The molecule has 132 valence electrons. The van der Waals surface area contributed by atoms with Gasteiger partial charge in [0.1, 0.15) is 11.5 Å². The molecule has 0 saturated carbocycles. The van der Waals surface area contributed by atoms with Gasteiger partial charge in [0.25, 0.3) is 0 Å². The van der Waals surface area contributed by atoms with Gasteiger partial charge in [-0.15, -0.1) is 0 Å². The Bertz CT molecular complexity index is 789. The van der Waals surface area contributed by atoms with Gasteiger partial charge in [-0.05, 0) is 42.3 Å². The lowest BCUT2D eigenvalue weighted by Gasteiger charge is -2.35. The van der Waals surface area contributed by atoms with Crippen molar-refractivity contribution < 1.29 is 9.84 Å². The fraction of sp³-hybridized carbons (Fsp3) is 0.300. The smallest absolute Gasteiger partial charge is 0.120 e. The first kappa shape index (κ1) is 17.8. The molecule has 2 aromatic carbocycles. The molecule has 25 heavy (non-hydrogen) atoms. The summed E-state index contributed by atoms with van der Waals surface area (Å²) in [7, 11) is 1.67. The van der Waals surface area contributed by atoms with Gasteiger partial charge in [-0.2, -0.15) is 0 Å². The van der Waals surface area contributed by atoms with Crippen molar-refractivity contribution in [1.82, 2.24) is 10.6 Å². The van der Waals surface area contributed by atoms with Crippen LogP contribution in [-0.4, -0.2) is 18.4 Å². The van der Waals surface area contributed by atoms with E-state index in [0.717, 1.165) is 27.0 Å². The molecule has 0 aliphatic carbocycles. The van der Waals surface area contributed by atoms with Crippen LogP contribution in [0.5, 0.6) is 11.5 Å². The molecule has 1 aliphatic rings. The fourth-order valence-corrected chi connectivity index (χ4v) is 3.33. The van der Waals surface area contributed by atoms with Crippen LogP contribution in [0.1, 0.15) is 31.0 Å². The molecular weight excluding hydrogens is 380 g/mol. The quantitative estimate of drug-likeness (QED) is 0.708. The number of halogens is 1. The number of ether oxygens (including phenoxy) is 1. The molecule has 0 fully saturated rings. The summed E-state index contributed by atoms with van der Waals surface area (Å²) < 4.78 is 6.29. The zero-order valence-corrected chi connectivity index (χ0v) is 16.2. The molecular formula is C20H23BrN2O2. The van der Waals surface area contributed by atoms with E-state index in [4.69, 9.17) is 4.74 Å². The first-order valence-electron chi connectivity index (χ1n) is 8.35. The Balaban J connectivity index is 2.03. The minimum Gasteiger partial charge on any atom is -0.508 e. The maximum absolute atomic E-state index is 10.3. The molecule has 2 atom stereocenters. The van der Waals surface area contributed by atoms with Gasteiger partial charge in [-0.3, -0.25) is 5.32 Å². The maximum Gasteiger partial charge on any atom is 0.120 e. The van der Waals surface area contributed by atoms with Crippen LogP contribution in [0.25, 0.3) is 5.70 Å². The van der Waals surface area contributed by atoms with Crippen LogP contribution < -0.4 is 15.4 Å². The second-order valence-electron chi connectivity index (χ2n) is 6.53. The van der Waals surface area contributed by atoms with E-state index in [1.54, 1.807) is 13.2 Å². The highest BCUT2D eigenvalue weighted by Crippen LogP contribution is 2.33. The highest BCUT2D eigenvalue weighted by Gasteiger charge is 2.26. The maximum atomic E-state index is 10.3. The summed E-state index contributed by atoms with van der Waals surface area (Å²) in [6, 6.07) is 13.4. The lowest BCUT2D eigenvalue weighted by Crippen LogP contribution is -2.49. The molecule has 0 saturated heterocycles. The van der Waals surface area contributed by atoms with E-state index < -0.39 is 0 Å². The number of aromatic hydroxyl groups is 1. The summed E-state index contributed by atoms with van der Waals surface area (Å²) in [4.78, 5) is 0. The SMILES string of the molecule is COc1cccc(C2=CC(c3cc(Br)ccc3O)NC(C(C)C)N2)c1. The van der Waals surface area contributed by atoms with Gasteiger partial charge in [0.2, 0.25) is 0 Å². The predicted octanol–water partition coefficient (Wildman–Crippen LogP) is 4.42. The Labute approximate surface area is 157 Å². The summed E-state index contributed by atoms with van der Waals surface area (Å²) >= 11 is 3.49. The van der Waals surface area contributed by atoms with Crippen molar-refractivity contribution in [1.29, 1.82) is 0 Å². The van der Waals surface area contributed by atoms with Crippen LogP contribution >= 0.6 is 15.9 Å². The molecule has 3 rings (SSSR count). The summed E-state index contributed by atoms with van der Waals surface area (Å²) in [6.07, 6.45) is 2.20. The number of hydrogen-bond acceptors (Lipinski definition) is 4. The molecule has 0 radical (unpaired) electrons. The molecule has 5 heteroatoms. The van der Waals surface area contributed by atoms with Gasteiger partial charge >= 0.3 is 0 Å². The minimum atomic E-state index is -0.0904. The monoisotopic (exact) mass is 402 g/mol. The molecule has 1 heterocycles. The van der Waals surface area contributed by atoms with Gasteiger partial charge in [-0.25, -0.2) is 0 Å². The molecule has 0 aromatic heterocycles. The van der Waals surface area contributed by atoms with Crippen LogP contribution in [-0.2, 0) is 0 Å². The van der Waals surface area contributed by atoms with Crippen molar-refractivity contribution in [2.24, 2.45) is 5.92 Å². The van der Waals surface area contributed by atoms with Crippen LogP contribution in [0.2, 0.25) is 0 Å². The summed E-state index contributed by atoms with van der Waals surface area (Å²) in [6.45, 7) is 4.33. The standard InChI is InChI=1S/C20H23BrN2O2/c1-12(2)20-22-17(13-5-4-6-15(9-13)25-3)11-18(23-20)16-10-14(21)7-8-19(16)24/h4-12,18,20,22-24H,1-3H3. The van der Waals surface area contributed by atoms with Crippen LogP contribution in [0.3, 0.4) is 0 Å². The molecule has 4 nitrogen and oxygen atoms in total. The number of phenolic OH excluding ortho intramolecular Hbond substituents is 1. The van der Waals surface area contributed by atoms with E-state index in [0.29, 0.717) is 5.92 Å². The molecule has 0 spiro atoms. The molecule has 2 unspecified atom stereocenters. The van der Waals surface area contributed by atoms with E-state index in [1.165, 1.54) is 0 Å². The third kappa shape index (κ3) is 3.99. The molecule has 2 aromatic rings. The van der Waals surface area contributed by atoms with E-state index in [9.17, 15) is 5.11 Å². The lowest BCUT2D eigenvalue weighted by atomic mass is 9.97. The highest BCUT2D eigenvalue weighted by molar-refractivity contribution is 9.10. The van der Waals surface area contributed by atoms with Crippen LogP contribution in [0.4, 0.5) is 0 Å². The summed E-state index contributed by atoms with van der Waals surface area (Å²) in [5, 5.41) is 17.4. The fourth-order valence-electron chi connectivity index (χ4n) is 2.95. The third-order valence-electron chi connectivity index (χ3n) is 4.38. The van der Waals surface area contributed by atoms with Crippen molar-refractivity contribution in [2.75, 3.05) is 7.11 Å². The Morgan fingerprint density at radius 2 is 1.96 bits per heavy atom. The average molecular weight is 403 g/mol. The second-order valence-corrected chi connectivity index (χ2v) is 7.44. The average Bonchev–Trinajstić information content (AvgIpc) is 2.63. The summed E-state index contributed by atoms with van der Waals surface area (Å²) in [5.74, 6) is 1.49. The first-order chi connectivity index (χ1) is 12.0. The van der Waals surface area contributed by atoms with Crippen molar-refractivity contribution in [3.63, 3.8) is 0 Å². The lowest BCUT2D eigenvalue weighted by molar-refractivity contribution is 0.335. The molecule has 3 N–H and O–H groups in total. The van der Waals surface area contributed by atoms with Gasteiger partial charge < -0.3 is 15.2 Å². The zero-order valence-electron chi connectivity index (χ0n) is 14.6. The van der Waals surface area contributed by atoms with Crippen LogP contribution in [0.15, 0.2) is 53.0 Å². The number of phenols is 1. The highest BCUT2D eigenvalue weighted by atomic mass is 79.9. The van der Waals surface area contributed by atoms with Gasteiger partial charge in [0.15, 0.2) is 0 Å². The van der Waals surface area contributed by atoms with Crippen molar-refractivity contribution in [3.8, 4) is 11.5 Å². The Morgan fingerprint density at radius 3 is 2.68 bits per heavy atom. The predicted molar refractivity (Wildman–Crippen MR) is 104 cm³/mol. The van der Waals surface area contributed by atoms with Crippen molar-refractivity contribution in [3.05, 3.63) is 64.1 Å². The van der Waals surface area contributed by atoms with Crippen molar-refractivity contribution in [2.45, 2.75) is 26.1 Å². The van der Waals surface area contributed by atoms with E-state index in [-0.39, 0.29) is 18.0 Å². The summed E-state index contributed by atoms with van der Waals surface area (Å²) in [5.41, 5.74) is 2.94. The first-order valence-corrected chi connectivity index (χ1v) is 9.14. The van der Waals surface area contributed by atoms with E-state index in [2.05, 4.69) is 52.6 Å². The van der Waals surface area contributed by atoms with Crippen LogP contribution in [0, 0.1) is 5.92 Å². The minimum absolute atomic E-state index is 0.0904. The van der Waals surface area contributed by atoms with Gasteiger partial charge in [0.05, 0.1) is 19.3 Å². The number of hydrogen-bond donors (Lipinski definition) is 3. The largest absolute Gasteiger partial charge is 0.508 e. The molecule has 0 bridgehead atoms. The van der Waals surface area contributed by atoms with E-state index >= 15 is 0 Å². The van der Waals surface area contributed by atoms with Gasteiger partial charge in [-0.1, -0.05) is 41.9 Å². The number of methoxy groups -OCH3 is 1. The Morgan fingerprint density at radius 1 is 1.16 bits per heavy atom. The normalized spacial score (nSPS) is 20.1.